The molecule has 1 aliphatic heterocycles. The first kappa shape index (κ1) is 27.1. The number of ether oxygens (including phenoxy) is 1. The summed E-state index contributed by atoms with van der Waals surface area (Å²) < 4.78 is 34.4. The molecular weight excluding hydrogens is 446 g/mol. The third-order valence-electron chi connectivity index (χ3n) is 5.42. The molecule has 0 bridgehead atoms. The van der Waals surface area contributed by atoms with Crippen LogP contribution in [0.4, 0.5) is 0 Å². The second-order valence-corrected chi connectivity index (χ2v) is 10.7. The Hall–Kier alpha value is -2.16. The third kappa shape index (κ3) is 6.91. The molecule has 1 heterocycles. The molecule has 0 saturated carbocycles. The van der Waals surface area contributed by atoms with E-state index < -0.39 is 28.3 Å². The Morgan fingerprint density at radius 2 is 1.97 bits per heavy atom. The Labute approximate surface area is 197 Å². The first-order chi connectivity index (χ1) is 15.4. The highest BCUT2D eigenvalue weighted by atomic mass is 32.2. The van der Waals surface area contributed by atoms with Crippen LogP contribution < -0.4 is 4.74 Å². The fraction of sp³-hybridized carbons (Fsp3) is 0.609. The number of carbonyl (C=O) groups is 1. The van der Waals surface area contributed by atoms with Gasteiger partial charge in [-0.25, -0.2) is 8.42 Å². The van der Waals surface area contributed by atoms with Crippen molar-refractivity contribution in [2.75, 3.05) is 47.4 Å². The number of benzene rings is 1. The molecule has 10 heteroatoms. The molecule has 0 spiro atoms. The Kier molecular flexibility index (Phi) is 9.29. The predicted molar refractivity (Wildman–Crippen MR) is 125 cm³/mol. The minimum Gasteiger partial charge on any atom is -0.487 e. The van der Waals surface area contributed by atoms with E-state index in [4.69, 9.17) is 4.74 Å². The number of likely N-dealkylation sites (N-methyl/N-ethyl adjacent to an activating group) is 2. The van der Waals surface area contributed by atoms with Gasteiger partial charge in [0, 0.05) is 31.1 Å². The van der Waals surface area contributed by atoms with Crippen LogP contribution >= 0.6 is 0 Å². The number of sulfonamides is 1. The molecule has 184 valence electrons. The first-order valence-electron chi connectivity index (χ1n) is 10.9. The highest BCUT2D eigenvalue weighted by Gasteiger charge is 2.38. The van der Waals surface area contributed by atoms with E-state index in [2.05, 4.69) is 11.8 Å². The summed E-state index contributed by atoms with van der Waals surface area (Å²) in [5.74, 6) is 5.23. The maximum atomic E-state index is 13.4. The zero-order chi connectivity index (χ0) is 24.9. The van der Waals surface area contributed by atoms with Gasteiger partial charge < -0.3 is 24.7 Å². The van der Waals surface area contributed by atoms with Crippen LogP contribution in [0.25, 0.3) is 0 Å². The highest BCUT2D eigenvalue weighted by molar-refractivity contribution is 7.89. The second kappa shape index (κ2) is 11.3. The van der Waals surface area contributed by atoms with Crippen LogP contribution in [-0.4, -0.2) is 104 Å². The van der Waals surface area contributed by atoms with E-state index in [1.807, 2.05) is 21.0 Å². The Balaban J connectivity index is 2.53. The molecule has 0 unspecified atom stereocenters. The van der Waals surface area contributed by atoms with Gasteiger partial charge in [0.25, 0.3) is 0 Å². The van der Waals surface area contributed by atoms with Crippen molar-refractivity contribution in [2.24, 2.45) is 5.92 Å². The smallest absolute Gasteiger partial charge is 0.247 e. The topological polar surface area (TPSA) is 111 Å². The molecular formula is C23H35N3O6S. The van der Waals surface area contributed by atoms with Gasteiger partial charge >= 0.3 is 0 Å². The van der Waals surface area contributed by atoms with Crippen molar-refractivity contribution in [1.82, 2.24) is 14.1 Å². The lowest BCUT2D eigenvalue weighted by atomic mass is 10.0. The average Bonchev–Trinajstić information content (AvgIpc) is 2.73. The molecule has 4 atom stereocenters. The number of hydrogen-bond acceptors (Lipinski definition) is 7. The fourth-order valence-corrected chi connectivity index (χ4v) is 5.30. The van der Waals surface area contributed by atoms with Crippen molar-refractivity contribution in [2.45, 2.75) is 43.9 Å². The Morgan fingerprint density at radius 3 is 2.55 bits per heavy atom. The van der Waals surface area contributed by atoms with Gasteiger partial charge in [-0.1, -0.05) is 18.8 Å². The molecule has 0 saturated heterocycles. The predicted octanol–water partition coefficient (Wildman–Crippen LogP) is 0.208. The lowest BCUT2D eigenvalue weighted by molar-refractivity contribution is -0.132. The van der Waals surface area contributed by atoms with Gasteiger partial charge in [0.2, 0.25) is 15.9 Å². The van der Waals surface area contributed by atoms with Gasteiger partial charge in [0.05, 0.1) is 19.7 Å². The minimum absolute atomic E-state index is 0.0235. The number of carbonyl (C=O) groups excluding carboxylic acids is 1. The van der Waals surface area contributed by atoms with Gasteiger partial charge in [-0.05, 0) is 46.1 Å². The van der Waals surface area contributed by atoms with Crippen molar-refractivity contribution in [3.05, 3.63) is 23.8 Å². The lowest BCUT2D eigenvalue weighted by Gasteiger charge is -2.37. The van der Waals surface area contributed by atoms with Crippen LogP contribution in [0.1, 0.15) is 26.3 Å². The highest BCUT2D eigenvalue weighted by Crippen LogP contribution is 2.34. The first-order valence-corrected chi connectivity index (χ1v) is 12.3. The van der Waals surface area contributed by atoms with Gasteiger partial charge in [0.15, 0.2) is 0 Å². The van der Waals surface area contributed by atoms with E-state index in [9.17, 15) is 23.4 Å². The molecule has 0 fully saturated rings. The number of aliphatic hydroxyl groups excluding tert-OH is 2. The summed E-state index contributed by atoms with van der Waals surface area (Å²) >= 11 is 0. The van der Waals surface area contributed by atoms with Crippen molar-refractivity contribution < 1.29 is 28.2 Å². The van der Waals surface area contributed by atoms with E-state index in [1.54, 1.807) is 29.8 Å². The third-order valence-corrected chi connectivity index (χ3v) is 7.44. The number of hydrogen-bond donors (Lipinski definition) is 2. The summed E-state index contributed by atoms with van der Waals surface area (Å²) in [5.41, 5.74) is 0.496. The maximum Gasteiger partial charge on any atom is 0.247 e. The van der Waals surface area contributed by atoms with E-state index in [1.165, 1.54) is 23.4 Å². The number of aliphatic hydroxyl groups is 2. The summed E-state index contributed by atoms with van der Waals surface area (Å²) in [6, 6.07) is 3.90. The van der Waals surface area contributed by atoms with Crippen LogP contribution in [0.3, 0.4) is 0 Å². The van der Waals surface area contributed by atoms with Crippen LogP contribution in [0.5, 0.6) is 5.75 Å². The normalized spacial score (nSPS) is 22.1. The Morgan fingerprint density at radius 1 is 1.30 bits per heavy atom. The molecule has 1 aromatic rings. The zero-order valence-electron chi connectivity index (χ0n) is 20.1. The standard InChI is InChI=1S/C23H35N3O6S/c1-16-12-26(17(2)15-27)33(30,31)22-10-9-19(8-7-18(3)28)11-20(22)32-21(16)13-25(6)23(29)14-24(4)5/h9-11,16-18,21,27-28H,12-15H2,1-6H3/t16-,17+,18-,21-/m0/s1. The van der Waals surface area contributed by atoms with Gasteiger partial charge in [0.1, 0.15) is 22.9 Å². The molecule has 33 heavy (non-hydrogen) atoms. The van der Waals surface area contributed by atoms with E-state index in [-0.39, 0.29) is 48.7 Å². The Bertz CT molecular complexity index is 999. The summed E-state index contributed by atoms with van der Waals surface area (Å²) in [6.07, 6.45) is -1.33. The van der Waals surface area contributed by atoms with E-state index in [0.29, 0.717) is 5.56 Å². The molecule has 1 aliphatic rings. The van der Waals surface area contributed by atoms with E-state index >= 15 is 0 Å². The van der Waals surface area contributed by atoms with Crippen LogP contribution in [0.15, 0.2) is 23.1 Å². The summed E-state index contributed by atoms with van der Waals surface area (Å²) in [5, 5.41) is 19.2. The largest absolute Gasteiger partial charge is 0.487 e. The number of amides is 1. The average molecular weight is 482 g/mol. The van der Waals surface area contributed by atoms with Gasteiger partial charge in [-0.2, -0.15) is 4.31 Å². The van der Waals surface area contributed by atoms with Crippen molar-refractivity contribution in [3.63, 3.8) is 0 Å². The molecule has 2 rings (SSSR count). The van der Waals surface area contributed by atoms with E-state index in [0.717, 1.165) is 0 Å². The number of fused-ring (bicyclic) bond motifs is 1. The SMILES string of the molecule is C[C@H](O)C#Cc1ccc2c(c1)O[C@@H](CN(C)C(=O)CN(C)C)[C@@H](C)CN([C@H](C)CO)S2(=O)=O. The molecule has 2 N–H and O–H groups in total. The molecule has 0 radical (unpaired) electrons. The summed E-state index contributed by atoms with van der Waals surface area (Å²) in [7, 11) is 1.36. The summed E-state index contributed by atoms with van der Waals surface area (Å²) in [4.78, 5) is 15.8. The monoisotopic (exact) mass is 481 g/mol. The molecule has 0 aliphatic carbocycles. The van der Waals surface area contributed by atoms with Crippen LogP contribution in [0, 0.1) is 17.8 Å². The molecule has 1 aromatic carbocycles. The maximum absolute atomic E-state index is 13.4. The van der Waals surface area contributed by atoms with Crippen molar-refractivity contribution >= 4 is 15.9 Å². The number of rotatable bonds is 6. The quantitative estimate of drug-likeness (QED) is 0.559. The minimum atomic E-state index is -3.96. The molecule has 0 aromatic heterocycles. The van der Waals surface area contributed by atoms with Crippen molar-refractivity contribution in [1.29, 1.82) is 0 Å². The molecule has 1 amide bonds. The van der Waals surface area contributed by atoms with Crippen LogP contribution in [0.2, 0.25) is 0 Å². The fourth-order valence-electron chi connectivity index (χ4n) is 3.47. The second-order valence-electron chi connectivity index (χ2n) is 8.86. The lowest BCUT2D eigenvalue weighted by Crippen LogP contribution is -2.50. The number of nitrogens with zero attached hydrogens (tertiary/aromatic N) is 3. The van der Waals surface area contributed by atoms with Gasteiger partial charge in [-0.3, -0.25) is 4.79 Å². The molecule has 9 nitrogen and oxygen atoms in total. The van der Waals surface area contributed by atoms with Gasteiger partial charge in [-0.15, -0.1) is 0 Å². The van der Waals surface area contributed by atoms with Crippen molar-refractivity contribution in [3.8, 4) is 17.6 Å². The zero-order valence-corrected chi connectivity index (χ0v) is 21.0. The van der Waals surface area contributed by atoms with Crippen LogP contribution in [-0.2, 0) is 14.8 Å². The summed E-state index contributed by atoms with van der Waals surface area (Å²) in [6.45, 7) is 5.36.